The number of anilines is 1. The number of hydrogen-bond donors (Lipinski definition) is 1. The Labute approximate surface area is 112 Å². The molecule has 2 rings (SSSR count). The minimum atomic E-state index is -0.0150. The van der Waals surface area contributed by atoms with Crippen LogP contribution in [-0.4, -0.2) is 11.1 Å². The molecule has 19 heavy (non-hydrogen) atoms. The van der Waals surface area contributed by atoms with Crippen LogP contribution in [0.1, 0.15) is 36.3 Å². The average molecular weight is 258 g/mol. The van der Waals surface area contributed by atoms with E-state index in [0.717, 1.165) is 22.7 Å². The molecule has 0 saturated carbocycles. The van der Waals surface area contributed by atoms with E-state index < -0.39 is 0 Å². The number of benzene rings is 1. The third-order valence-corrected chi connectivity index (χ3v) is 3.21. The number of carbonyl (C=O) groups is 1. The number of amides is 1. The van der Waals surface area contributed by atoms with Crippen LogP contribution in [0.3, 0.4) is 0 Å². The second-order valence-electron chi connectivity index (χ2n) is 4.77. The fourth-order valence-electron chi connectivity index (χ4n) is 2.00. The maximum absolute atomic E-state index is 11.9. The Morgan fingerprint density at radius 2 is 2.00 bits per heavy atom. The van der Waals surface area contributed by atoms with E-state index in [-0.39, 0.29) is 11.8 Å². The van der Waals surface area contributed by atoms with Crippen molar-refractivity contribution in [1.29, 1.82) is 0 Å². The summed E-state index contributed by atoms with van der Waals surface area (Å²) >= 11 is 0. The van der Waals surface area contributed by atoms with E-state index in [1.807, 2.05) is 51.1 Å². The second-order valence-corrected chi connectivity index (χ2v) is 4.77. The van der Waals surface area contributed by atoms with Crippen molar-refractivity contribution in [2.75, 3.05) is 5.32 Å². The molecule has 0 unspecified atom stereocenters. The maximum Gasteiger partial charge on any atom is 0.225 e. The Balaban J connectivity index is 1.97. The summed E-state index contributed by atoms with van der Waals surface area (Å²) in [6.45, 7) is 5.82. The van der Waals surface area contributed by atoms with Crippen molar-refractivity contribution >= 4 is 11.6 Å². The maximum atomic E-state index is 11.9. The number of nitrogens with zero attached hydrogens (tertiary/aromatic N) is 1. The summed E-state index contributed by atoms with van der Waals surface area (Å²) in [6.07, 6.45) is 0.391. The number of carbonyl (C=O) groups excluding carboxylic acids is 1. The van der Waals surface area contributed by atoms with Crippen molar-refractivity contribution in [3.8, 4) is 0 Å². The molecule has 0 fully saturated rings. The van der Waals surface area contributed by atoms with E-state index in [1.54, 1.807) is 0 Å². The standard InChI is InChI=1S/C15H18N2O2/c1-10(15-11(2)12(3)19-17-15)9-14(18)16-13-7-5-4-6-8-13/h4-8,10H,9H2,1-3H3,(H,16,18)/t10-/m0/s1. The first kappa shape index (κ1) is 13.3. The Hall–Kier alpha value is -2.10. The van der Waals surface area contributed by atoms with Crippen LogP contribution in [-0.2, 0) is 4.79 Å². The normalized spacial score (nSPS) is 12.2. The van der Waals surface area contributed by atoms with Gasteiger partial charge in [0.2, 0.25) is 5.91 Å². The Morgan fingerprint density at radius 1 is 1.32 bits per heavy atom. The zero-order valence-electron chi connectivity index (χ0n) is 11.4. The van der Waals surface area contributed by atoms with Gasteiger partial charge in [-0.05, 0) is 26.0 Å². The molecule has 4 heteroatoms. The Kier molecular flexibility index (Phi) is 4.00. The first-order chi connectivity index (χ1) is 9.08. The molecule has 1 atom stereocenters. The third kappa shape index (κ3) is 3.22. The highest BCUT2D eigenvalue weighted by Gasteiger charge is 2.18. The van der Waals surface area contributed by atoms with Gasteiger partial charge in [0.1, 0.15) is 5.76 Å². The Bertz CT molecular complexity index is 561. The SMILES string of the molecule is Cc1onc([C@@H](C)CC(=O)Nc2ccccc2)c1C. The largest absolute Gasteiger partial charge is 0.361 e. The van der Waals surface area contributed by atoms with Gasteiger partial charge >= 0.3 is 0 Å². The van der Waals surface area contributed by atoms with Gasteiger partial charge in [-0.1, -0.05) is 30.3 Å². The lowest BCUT2D eigenvalue weighted by atomic mass is 9.99. The highest BCUT2D eigenvalue weighted by Crippen LogP contribution is 2.23. The predicted octanol–water partition coefficient (Wildman–Crippen LogP) is 3.42. The van der Waals surface area contributed by atoms with Crippen molar-refractivity contribution in [3.63, 3.8) is 0 Å². The first-order valence-electron chi connectivity index (χ1n) is 6.35. The van der Waals surface area contributed by atoms with E-state index in [2.05, 4.69) is 10.5 Å². The highest BCUT2D eigenvalue weighted by molar-refractivity contribution is 5.91. The van der Waals surface area contributed by atoms with Crippen LogP contribution in [0, 0.1) is 13.8 Å². The van der Waals surface area contributed by atoms with Crippen molar-refractivity contribution in [1.82, 2.24) is 5.16 Å². The summed E-state index contributed by atoms with van der Waals surface area (Å²) in [7, 11) is 0. The summed E-state index contributed by atoms with van der Waals surface area (Å²) in [5, 5.41) is 6.89. The topological polar surface area (TPSA) is 55.1 Å². The summed E-state index contributed by atoms with van der Waals surface area (Å²) < 4.78 is 5.13. The summed E-state index contributed by atoms with van der Waals surface area (Å²) in [4.78, 5) is 11.9. The fourth-order valence-corrected chi connectivity index (χ4v) is 2.00. The molecule has 0 radical (unpaired) electrons. The van der Waals surface area contributed by atoms with E-state index in [9.17, 15) is 4.79 Å². The quantitative estimate of drug-likeness (QED) is 0.914. The molecule has 1 aromatic carbocycles. The van der Waals surface area contributed by atoms with Gasteiger partial charge in [-0.25, -0.2) is 0 Å². The third-order valence-electron chi connectivity index (χ3n) is 3.21. The van der Waals surface area contributed by atoms with Gasteiger partial charge < -0.3 is 9.84 Å². The predicted molar refractivity (Wildman–Crippen MR) is 74.1 cm³/mol. The zero-order chi connectivity index (χ0) is 13.8. The van der Waals surface area contributed by atoms with Crippen LogP contribution < -0.4 is 5.32 Å². The van der Waals surface area contributed by atoms with Gasteiger partial charge in [0.25, 0.3) is 0 Å². The highest BCUT2D eigenvalue weighted by atomic mass is 16.5. The number of aromatic nitrogens is 1. The molecule has 4 nitrogen and oxygen atoms in total. The minimum Gasteiger partial charge on any atom is -0.361 e. The molecule has 0 saturated heterocycles. The summed E-state index contributed by atoms with van der Waals surface area (Å²) in [5.41, 5.74) is 2.70. The molecule has 1 amide bonds. The van der Waals surface area contributed by atoms with Crippen molar-refractivity contribution in [3.05, 3.63) is 47.3 Å². The molecule has 1 N–H and O–H groups in total. The van der Waals surface area contributed by atoms with Gasteiger partial charge in [0.15, 0.2) is 0 Å². The van der Waals surface area contributed by atoms with E-state index >= 15 is 0 Å². The number of hydrogen-bond acceptors (Lipinski definition) is 3. The lowest BCUT2D eigenvalue weighted by Crippen LogP contribution is -2.14. The van der Waals surface area contributed by atoms with Crippen molar-refractivity contribution < 1.29 is 9.32 Å². The monoisotopic (exact) mass is 258 g/mol. The van der Waals surface area contributed by atoms with E-state index in [1.165, 1.54) is 0 Å². The van der Waals surface area contributed by atoms with Crippen LogP contribution >= 0.6 is 0 Å². The summed E-state index contributed by atoms with van der Waals surface area (Å²) in [5.74, 6) is 0.838. The molecule has 1 aromatic heterocycles. The van der Waals surface area contributed by atoms with Gasteiger partial charge in [-0.15, -0.1) is 0 Å². The van der Waals surface area contributed by atoms with Gasteiger partial charge in [-0.2, -0.15) is 0 Å². The molecule has 1 heterocycles. The van der Waals surface area contributed by atoms with Crippen LogP contribution in [0.25, 0.3) is 0 Å². The minimum absolute atomic E-state index is 0.0150. The van der Waals surface area contributed by atoms with Crippen molar-refractivity contribution in [2.45, 2.75) is 33.1 Å². The lowest BCUT2D eigenvalue weighted by Gasteiger charge is -2.09. The van der Waals surface area contributed by atoms with Crippen LogP contribution in [0.5, 0.6) is 0 Å². The smallest absolute Gasteiger partial charge is 0.225 e. The van der Waals surface area contributed by atoms with Gasteiger partial charge in [-0.3, -0.25) is 4.79 Å². The zero-order valence-corrected chi connectivity index (χ0v) is 11.4. The molecule has 0 spiro atoms. The van der Waals surface area contributed by atoms with Crippen molar-refractivity contribution in [2.24, 2.45) is 0 Å². The molecular weight excluding hydrogens is 240 g/mol. The molecular formula is C15H18N2O2. The van der Waals surface area contributed by atoms with Gasteiger partial charge in [0, 0.05) is 23.6 Å². The average Bonchev–Trinajstić information content (AvgIpc) is 2.71. The second kappa shape index (κ2) is 5.69. The molecule has 0 aliphatic rings. The molecule has 0 aliphatic heterocycles. The molecule has 0 bridgehead atoms. The molecule has 100 valence electrons. The number of nitrogens with one attached hydrogen (secondary N) is 1. The Morgan fingerprint density at radius 3 is 2.58 bits per heavy atom. The lowest BCUT2D eigenvalue weighted by molar-refractivity contribution is -0.116. The van der Waals surface area contributed by atoms with Crippen LogP contribution in [0.4, 0.5) is 5.69 Å². The number of aryl methyl sites for hydroxylation is 1. The summed E-state index contributed by atoms with van der Waals surface area (Å²) in [6, 6.07) is 9.44. The van der Waals surface area contributed by atoms with Crippen LogP contribution in [0.2, 0.25) is 0 Å². The molecule has 0 aliphatic carbocycles. The van der Waals surface area contributed by atoms with Gasteiger partial charge in [0.05, 0.1) is 5.69 Å². The van der Waals surface area contributed by atoms with E-state index in [0.29, 0.717) is 6.42 Å². The number of rotatable bonds is 4. The first-order valence-corrected chi connectivity index (χ1v) is 6.35. The fraction of sp³-hybridized carbons (Fsp3) is 0.333. The van der Waals surface area contributed by atoms with Crippen LogP contribution in [0.15, 0.2) is 34.9 Å². The van der Waals surface area contributed by atoms with E-state index in [4.69, 9.17) is 4.52 Å². The number of para-hydroxylation sites is 1. The molecule has 2 aromatic rings.